The van der Waals surface area contributed by atoms with Gasteiger partial charge in [-0.1, -0.05) is 42.8 Å². The monoisotopic (exact) mass is 331 g/mol. The summed E-state index contributed by atoms with van der Waals surface area (Å²) in [5.41, 5.74) is 2.40. The van der Waals surface area contributed by atoms with E-state index in [1.165, 1.54) is 5.56 Å². The Morgan fingerprint density at radius 3 is 2.39 bits per heavy atom. The van der Waals surface area contributed by atoms with Gasteiger partial charge in [-0.2, -0.15) is 0 Å². The topological polar surface area (TPSA) is 38.3 Å². The number of carbonyl (C=O) groups excluding carboxylic acids is 1. The highest BCUT2D eigenvalue weighted by molar-refractivity contribution is 6.30. The standard InChI is InChI=1S/C19H22ClNO2/c1-3-15-4-6-16(7-5-15)14(2)21-19(22)12-13-23-18-10-8-17(20)9-11-18/h4-11,14H,3,12-13H2,1-2H3,(H,21,22). The minimum Gasteiger partial charge on any atom is -0.493 e. The van der Waals surface area contributed by atoms with Crippen molar-refractivity contribution in [1.82, 2.24) is 5.32 Å². The molecule has 3 nitrogen and oxygen atoms in total. The number of nitrogens with one attached hydrogen (secondary N) is 1. The molecule has 1 N–H and O–H groups in total. The molecule has 23 heavy (non-hydrogen) atoms. The number of hydrogen-bond donors (Lipinski definition) is 1. The van der Waals surface area contributed by atoms with Crippen LogP contribution in [0.15, 0.2) is 48.5 Å². The maximum atomic E-state index is 12.0. The van der Waals surface area contributed by atoms with Gasteiger partial charge in [0.25, 0.3) is 0 Å². The van der Waals surface area contributed by atoms with Crippen molar-refractivity contribution < 1.29 is 9.53 Å². The molecule has 0 saturated heterocycles. The molecule has 0 bridgehead atoms. The first-order chi connectivity index (χ1) is 11.1. The Bertz CT molecular complexity index is 623. The van der Waals surface area contributed by atoms with Gasteiger partial charge < -0.3 is 10.1 Å². The van der Waals surface area contributed by atoms with E-state index in [2.05, 4.69) is 36.5 Å². The van der Waals surface area contributed by atoms with E-state index < -0.39 is 0 Å². The molecular weight excluding hydrogens is 310 g/mol. The number of halogens is 1. The van der Waals surface area contributed by atoms with Crippen molar-refractivity contribution in [1.29, 1.82) is 0 Å². The predicted octanol–water partition coefficient (Wildman–Crippen LogP) is 4.55. The normalized spacial score (nSPS) is 11.8. The molecule has 0 aliphatic heterocycles. The van der Waals surface area contributed by atoms with E-state index >= 15 is 0 Å². The summed E-state index contributed by atoms with van der Waals surface area (Å²) < 4.78 is 5.53. The Morgan fingerprint density at radius 1 is 1.13 bits per heavy atom. The summed E-state index contributed by atoms with van der Waals surface area (Å²) in [4.78, 5) is 12.0. The maximum absolute atomic E-state index is 12.0. The Hall–Kier alpha value is -2.00. The van der Waals surface area contributed by atoms with Gasteiger partial charge in [0.2, 0.25) is 5.91 Å². The lowest BCUT2D eigenvalue weighted by molar-refractivity contribution is -0.122. The third kappa shape index (κ3) is 5.61. The van der Waals surface area contributed by atoms with Crippen LogP contribution in [0.2, 0.25) is 5.02 Å². The molecular formula is C19H22ClNO2. The molecule has 0 aliphatic rings. The molecule has 4 heteroatoms. The summed E-state index contributed by atoms with van der Waals surface area (Å²) in [5, 5.41) is 3.65. The molecule has 0 saturated carbocycles. The second kappa shape index (κ2) is 8.59. The van der Waals surface area contributed by atoms with E-state index in [0.29, 0.717) is 23.8 Å². The van der Waals surface area contributed by atoms with Crippen molar-refractivity contribution in [2.45, 2.75) is 32.7 Å². The molecule has 2 rings (SSSR count). The molecule has 1 unspecified atom stereocenters. The Labute approximate surface area is 142 Å². The Balaban J connectivity index is 1.76. The van der Waals surface area contributed by atoms with Gasteiger partial charge in [0.15, 0.2) is 0 Å². The van der Waals surface area contributed by atoms with Crippen LogP contribution in [0.25, 0.3) is 0 Å². The second-order valence-corrected chi connectivity index (χ2v) is 5.87. The van der Waals surface area contributed by atoms with Crippen molar-refractivity contribution in [2.75, 3.05) is 6.61 Å². The molecule has 0 spiro atoms. The zero-order valence-electron chi connectivity index (χ0n) is 13.5. The van der Waals surface area contributed by atoms with Gasteiger partial charge in [0, 0.05) is 5.02 Å². The minimum atomic E-state index is -0.0222. The number of carbonyl (C=O) groups is 1. The van der Waals surface area contributed by atoms with E-state index in [4.69, 9.17) is 16.3 Å². The molecule has 0 aromatic heterocycles. The van der Waals surface area contributed by atoms with Gasteiger partial charge in [-0.15, -0.1) is 0 Å². The summed E-state index contributed by atoms with van der Waals surface area (Å²) >= 11 is 5.81. The highest BCUT2D eigenvalue weighted by Gasteiger charge is 2.09. The van der Waals surface area contributed by atoms with Crippen LogP contribution in [0, 0.1) is 0 Å². The lowest BCUT2D eigenvalue weighted by Gasteiger charge is -2.15. The predicted molar refractivity (Wildman–Crippen MR) is 93.9 cm³/mol. The molecule has 2 aromatic rings. The summed E-state index contributed by atoms with van der Waals surface area (Å²) in [5.74, 6) is 0.691. The molecule has 0 fully saturated rings. The largest absolute Gasteiger partial charge is 0.493 e. The molecule has 2 aromatic carbocycles. The van der Waals surface area contributed by atoms with E-state index in [1.54, 1.807) is 24.3 Å². The van der Waals surface area contributed by atoms with Crippen molar-refractivity contribution in [2.24, 2.45) is 0 Å². The minimum absolute atomic E-state index is 0.0102. The highest BCUT2D eigenvalue weighted by Crippen LogP contribution is 2.16. The zero-order valence-corrected chi connectivity index (χ0v) is 14.3. The molecule has 1 atom stereocenters. The number of aryl methyl sites for hydroxylation is 1. The quantitative estimate of drug-likeness (QED) is 0.808. The SMILES string of the molecule is CCc1ccc(C(C)NC(=O)CCOc2ccc(Cl)cc2)cc1. The van der Waals surface area contributed by atoms with Gasteiger partial charge in [-0.3, -0.25) is 4.79 Å². The van der Waals surface area contributed by atoms with E-state index in [-0.39, 0.29) is 11.9 Å². The molecule has 0 aliphatic carbocycles. The smallest absolute Gasteiger partial charge is 0.223 e. The van der Waals surface area contributed by atoms with Crippen LogP contribution >= 0.6 is 11.6 Å². The Morgan fingerprint density at radius 2 is 1.78 bits per heavy atom. The first-order valence-electron chi connectivity index (χ1n) is 7.85. The number of hydrogen-bond acceptors (Lipinski definition) is 2. The third-order valence-electron chi connectivity index (χ3n) is 3.68. The van der Waals surface area contributed by atoms with E-state index in [1.807, 2.05) is 6.92 Å². The molecule has 122 valence electrons. The van der Waals surface area contributed by atoms with Crippen molar-refractivity contribution in [3.63, 3.8) is 0 Å². The Kier molecular flexibility index (Phi) is 6.48. The van der Waals surface area contributed by atoms with Crippen molar-refractivity contribution >= 4 is 17.5 Å². The number of benzene rings is 2. The van der Waals surface area contributed by atoms with Gasteiger partial charge in [-0.25, -0.2) is 0 Å². The van der Waals surface area contributed by atoms with E-state index in [9.17, 15) is 4.79 Å². The fraction of sp³-hybridized carbons (Fsp3) is 0.316. The number of ether oxygens (including phenoxy) is 1. The maximum Gasteiger partial charge on any atom is 0.223 e. The van der Waals surface area contributed by atoms with Crippen LogP contribution < -0.4 is 10.1 Å². The number of rotatable bonds is 7. The number of amides is 1. The third-order valence-corrected chi connectivity index (χ3v) is 3.93. The fourth-order valence-corrected chi connectivity index (χ4v) is 2.36. The first-order valence-corrected chi connectivity index (χ1v) is 8.23. The van der Waals surface area contributed by atoms with Crippen LogP contribution in [-0.4, -0.2) is 12.5 Å². The lowest BCUT2D eigenvalue weighted by Crippen LogP contribution is -2.27. The second-order valence-electron chi connectivity index (χ2n) is 5.44. The van der Waals surface area contributed by atoms with Crippen LogP contribution in [-0.2, 0) is 11.2 Å². The van der Waals surface area contributed by atoms with E-state index in [0.717, 1.165) is 12.0 Å². The fourth-order valence-electron chi connectivity index (χ4n) is 2.23. The van der Waals surface area contributed by atoms with Crippen LogP contribution in [0.1, 0.15) is 37.4 Å². The first kappa shape index (κ1) is 17.4. The zero-order chi connectivity index (χ0) is 16.7. The lowest BCUT2D eigenvalue weighted by atomic mass is 10.0. The molecule has 0 radical (unpaired) electrons. The molecule has 0 heterocycles. The summed E-state index contributed by atoms with van der Waals surface area (Å²) in [7, 11) is 0. The van der Waals surface area contributed by atoms with Gasteiger partial charge in [-0.05, 0) is 48.7 Å². The average Bonchev–Trinajstić information content (AvgIpc) is 2.56. The summed E-state index contributed by atoms with van der Waals surface area (Å²) in [6.45, 7) is 4.45. The van der Waals surface area contributed by atoms with Crippen LogP contribution in [0.4, 0.5) is 0 Å². The summed E-state index contributed by atoms with van der Waals surface area (Å²) in [6, 6.07) is 15.4. The van der Waals surface area contributed by atoms with Gasteiger partial charge in [0.1, 0.15) is 5.75 Å². The van der Waals surface area contributed by atoms with Crippen LogP contribution in [0.3, 0.4) is 0 Å². The van der Waals surface area contributed by atoms with Crippen molar-refractivity contribution in [3.05, 3.63) is 64.7 Å². The molecule has 1 amide bonds. The van der Waals surface area contributed by atoms with Crippen molar-refractivity contribution in [3.8, 4) is 5.75 Å². The van der Waals surface area contributed by atoms with Crippen LogP contribution in [0.5, 0.6) is 5.75 Å². The summed E-state index contributed by atoms with van der Waals surface area (Å²) in [6.07, 6.45) is 1.34. The van der Waals surface area contributed by atoms with Gasteiger partial charge >= 0.3 is 0 Å². The van der Waals surface area contributed by atoms with Gasteiger partial charge in [0.05, 0.1) is 19.1 Å². The highest BCUT2D eigenvalue weighted by atomic mass is 35.5. The average molecular weight is 332 g/mol.